The van der Waals surface area contributed by atoms with E-state index in [1.165, 1.54) is 0 Å². The summed E-state index contributed by atoms with van der Waals surface area (Å²) >= 11 is 6.19. The molecule has 0 bridgehead atoms. The molecule has 4 rings (SSSR count). The van der Waals surface area contributed by atoms with Crippen LogP contribution in [0.4, 0.5) is 5.69 Å². The second kappa shape index (κ2) is 10.5. The monoisotopic (exact) mass is 518 g/mol. The maximum Gasteiger partial charge on any atom is 0.322 e. The number of likely N-dealkylation sites (N-methyl/N-ethyl adjacent to an activating group) is 1. The summed E-state index contributed by atoms with van der Waals surface area (Å²) in [6.45, 7) is 9.81. The minimum absolute atomic E-state index is 0.0632. The third-order valence-electron chi connectivity index (χ3n) is 6.11. The molecule has 0 radical (unpaired) electrons. The van der Waals surface area contributed by atoms with Crippen molar-refractivity contribution in [2.24, 2.45) is 0 Å². The molecular formula is C24H31ClN6O3S. The van der Waals surface area contributed by atoms with Crippen molar-refractivity contribution in [2.75, 3.05) is 38.1 Å². The first-order valence-electron chi connectivity index (χ1n) is 11.6. The lowest BCUT2D eigenvalue weighted by atomic mass is 10.2. The highest BCUT2D eigenvalue weighted by Gasteiger charge is 2.27. The van der Waals surface area contributed by atoms with Gasteiger partial charge < -0.3 is 14.5 Å². The van der Waals surface area contributed by atoms with Gasteiger partial charge in [-0.15, -0.1) is 5.10 Å². The van der Waals surface area contributed by atoms with Crippen molar-refractivity contribution >= 4 is 27.3 Å². The van der Waals surface area contributed by atoms with Crippen LogP contribution in [0.25, 0.3) is 0 Å². The lowest BCUT2D eigenvalue weighted by Crippen LogP contribution is -2.44. The molecule has 1 aliphatic rings. The van der Waals surface area contributed by atoms with Crippen molar-refractivity contribution in [3.63, 3.8) is 0 Å². The highest BCUT2D eigenvalue weighted by atomic mass is 35.5. The van der Waals surface area contributed by atoms with Crippen molar-refractivity contribution in [1.82, 2.24) is 24.4 Å². The van der Waals surface area contributed by atoms with Crippen molar-refractivity contribution in [1.29, 1.82) is 0 Å². The molecule has 188 valence electrons. The fourth-order valence-corrected chi connectivity index (χ4v) is 6.24. The van der Waals surface area contributed by atoms with E-state index in [-0.39, 0.29) is 9.92 Å². The summed E-state index contributed by atoms with van der Waals surface area (Å²) in [7, 11) is -1.75. The molecule has 1 aromatic heterocycles. The third kappa shape index (κ3) is 5.61. The maximum absolute atomic E-state index is 13.1. The van der Waals surface area contributed by atoms with Crippen molar-refractivity contribution in [3.8, 4) is 11.8 Å². The van der Waals surface area contributed by atoms with Gasteiger partial charge in [-0.1, -0.05) is 34.9 Å². The minimum Gasteiger partial charge on any atom is -0.424 e. The number of aromatic nitrogens is 3. The zero-order valence-electron chi connectivity index (χ0n) is 20.4. The molecule has 1 aliphatic heterocycles. The molecule has 1 atom stereocenters. The summed E-state index contributed by atoms with van der Waals surface area (Å²) in [5.74, 6) is 1.10. The summed E-state index contributed by atoms with van der Waals surface area (Å²) in [6, 6.07) is 12.5. The molecule has 9 nitrogen and oxygen atoms in total. The molecule has 1 fully saturated rings. The van der Waals surface area contributed by atoms with E-state index in [0.29, 0.717) is 29.7 Å². The fraction of sp³-hybridized carbons (Fsp3) is 0.417. The first-order valence-corrected chi connectivity index (χ1v) is 13.5. The summed E-state index contributed by atoms with van der Waals surface area (Å²) in [5.41, 5.74) is 1.66. The first kappa shape index (κ1) is 25.4. The zero-order chi connectivity index (χ0) is 25.2. The van der Waals surface area contributed by atoms with Crippen LogP contribution in [-0.4, -0.2) is 61.3 Å². The quantitative estimate of drug-likeness (QED) is 0.484. The fourth-order valence-electron chi connectivity index (χ4n) is 4.21. The van der Waals surface area contributed by atoms with E-state index in [4.69, 9.17) is 16.3 Å². The second-order valence-corrected chi connectivity index (χ2v) is 10.8. The van der Waals surface area contributed by atoms with Crippen molar-refractivity contribution in [2.45, 2.75) is 38.3 Å². The Balaban J connectivity index is 1.53. The van der Waals surface area contributed by atoms with Gasteiger partial charge in [0, 0.05) is 44.5 Å². The number of benzene rings is 2. The molecule has 0 amide bonds. The number of hydrogen-bond acceptors (Lipinski definition) is 7. The van der Waals surface area contributed by atoms with E-state index < -0.39 is 16.1 Å². The van der Waals surface area contributed by atoms with Crippen LogP contribution < -0.4 is 14.4 Å². The number of nitrogens with one attached hydrogen (secondary N) is 1. The predicted octanol–water partition coefficient (Wildman–Crippen LogP) is 3.84. The van der Waals surface area contributed by atoms with Gasteiger partial charge in [0.2, 0.25) is 10.0 Å². The third-order valence-corrected chi connectivity index (χ3v) is 8.28. The Hall–Kier alpha value is -2.66. The average molecular weight is 519 g/mol. The Kier molecular flexibility index (Phi) is 7.65. The van der Waals surface area contributed by atoms with Gasteiger partial charge >= 0.3 is 6.01 Å². The number of rotatable bonds is 8. The Morgan fingerprint density at radius 1 is 1.11 bits per heavy atom. The largest absolute Gasteiger partial charge is 0.424 e. The van der Waals surface area contributed by atoms with Gasteiger partial charge in [-0.2, -0.15) is 0 Å². The number of ether oxygens (including phenoxy) is 1. The number of anilines is 1. The van der Waals surface area contributed by atoms with Crippen LogP contribution in [0, 0.1) is 6.92 Å². The number of hydrogen-bond donors (Lipinski definition) is 1. The Morgan fingerprint density at radius 3 is 2.51 bits per heavy atom. The first-order chi connectivity index (χ1) is 16.7. The Bertz CT molecular complexity index is 1270. The number of sulfonamides is 1. The molecule has 11 heteroatoms. The van der Waals surface area contributed by atoms with Gasteiger partial charge in [0.05, 0.1) is 11.1 Å². The van der Waals surface area contributed by atoms with E-state index in [0.717, 1.165) is 31.9 Å². The summed E-state index contributed by atoms with van der Waals surface area (Å²) in [6.07, 6.45) is 0. The Morgan fingerprint density at radius 2 is 1.83 bits per heavy atom. The van der Waals surface area contributed by atoms with Gasteiger partial charge in [0.1, 0.15) is 10.6 Å². The topological polar surface area (TPSA) is 92.6 Å². The highest BCUT2D eigenvalue weighted by Crippen LogP contribution is 2.29. The molecule has 0 saturated carbocycles. The number of aryl methyl sites for hydroxylation is 1. The molecule has 1 N–H and O–H groups in total. The van der Waals surface area contributed by atoms with Gasteiger partial charge in [0.25, 0.3) is 0 Å². The predicted molar refractivity (Wildman–Crippen MR) is 137 cm³/mol. The van der Waals surface area contributed by atoms with E-state index in [1.807, 2.05) is 25.1 Å². The normalized spacial score (nSPS) is 15.9. The van der Waals surface area contributed by atoms with Crippen LogP contribution in [0.2, 0.25) is 5.02 Å². The summed E-state index contributed by atoms with van der Waals surface area (Å²) in [5, 5.41) is 8.61. The van der Waals surface area contributed by atoms with Crippen LogP contribution in [0.1, 0.15) is 31.3 Å². The van der Waals surface area contributed by atoms with E-state index >= 15 is 0 Å². The van der Waals surface area contributed by atoms with Crippen LogP contribution in [0.5, 0.6) is 11.8 Å². The maximum atomic E-state index is 13.1. The minimum atomic E-state index is -3.88. The summed E-state index contributed by atoms with van der Waals surface area (Å²) < 4.78 is 36.7. The van der Waals surface area contributed by atoms with Gasteiger partial charge in [-0.3, -0.25) is 4.57 Å². The Labute approximate surface area is 211 Å². The van der Waals surface area contributed by atoms with Crippen LogP contribution in [0.15, 0.2) is 47.4 Å². The van der Waals surface area contributed by atoms with Gasteiger partial charge in [-0.25, -0.2) is 13.1 Å². The zero-order valence-corrected chi connectivity index (χ0v) is 22.0. The van der Waals surface area contributed by atoms with E-state index in [9.17, 15) is 8.42 Å². The molecule has 3 aromatic rings. The molecule has 2 heterocycles. The molecular weight excluding hydrogens is 488 g/mol. The molecule has 2 aromatic carbocycles. The van der Waals surface area contributed by atoms with E-state index in [2.05, 4.69) is 37.8 Å². The van der Waals surface area contributed by atoms with Gasteiger partial charge in [0.15, 0.2) is 5.82 Å². The van der Waals surface area contributed by atoms with Crippen molar-refractivity contribution in [3.05, 3.63) is 58.9 Å². The van der Waals surface area contributed by atoms with Crippen LogP contribution in [0.3, 0.4) is 0 Å². The smallest absolute Gasteiger partial charge is 0.322 e. The van der Waals surface area contributed by atoms with E-state index in [1.54, 1.807) is 36.6 Å². The lowest BCUT2D eigenvalue weighted by molar-refractivity contribution is 0.312. The average Bonchev–Trinajstić information content (AvgIpc) is 3.22. The van der Waals surface area contributed by atoms with Gasteiger partial charge in [-0.05, 0) is 51.6 Å². The molecule has 0 aliphatic carbocycles. The highest BCUT2D eigenvalue weighted by molar-refractivity contribution is 7.89. The molecule has 1 saturated heterocycles. The number of piperazine rings is 1. The van der Waals surface area contributed by atoms with Crippen molar-refractivity contribution < 1.29 is 13.2 Å². The SMILES string of the molecule is CCn1c(Oc2cccc(N3CCN(C)CC3)c2)nnc1[C@@H](C)NS(=O)(=O)c1c(C)cccc1Cl. The number of nitrogens with zero attached hydrogens (tertiary/aromatic N) is 5. The van der Waals surface area contributed by atoms with Crippen LogP contribution >= 0.6 is 11.6 Å². The molecule has 0 unspecified atom stereocenters. The number of halogens is 1. The van der Waals surface area contributed by atoms with Crippen LogP contribution in [-0.2, 0) is 16.6 Å². The summed E-state index contributed by atoms with van der Waals surface area (Å²) in [4.78, 5) is 4.70. The lowest BCUT2D eigenvalue weighted by Gasteiger charge is -2.34. The standard InChI is InChI=1S/C24H31ClN6O3S/c1-5-31-23(18(3)28-35(32,33)22-17(2)8-6-11-21(22)25)26-27-24(31)34-20-10-7-9-19(16-20)30-14-12-29(4)13-15-30/h6-11,16,18,28H,5,12-15H2,1-4H3/t18-/m1/s1. The molecule has 35 heavy (non-hydrogen) atoms. The second-order valence-electron chi connectivity index (χ2n) is 8.70. The molecule has 0 spiro atoms.